The Hall–Kier alpha value is -1.10. The van der Waals surface area contributed by atoms with Gasteiger partial charge in [-0.05, 0) is 45.6 Å². The van der Waals surface area contributed by atoms with Gasteiger partial charge in [-0.15, -0.1) is 0 Å². The third kappa shape index (κ3) is 3.32. The van der Waals surface area contributed by atoms with E-state index in [9.17, 15) is 5.11 Å². The molecule has 1 aliphatic rings. The number of aliphatic hydroxyl groups excluding tert-OH is 1. The lowest BCUT2D eigenvalue weighted by Gasteiger charge is -2.14. The fraction of sp³-hybridized carbons (Fsp3) is 0.375. The molecule has 3 rings (SSSR count). The molecule has 1 aliphatic carbocycles. The van der Waals surface area contributed by atoms with E-state index in [2.05, 4.69) is 33.4 Å². The molecule has 1 atom stereocenters. The van der Waals surface area contributed by atoms with Gasteiger partial charge in [0.25, 0.3) is 0 Å². The van der Waals surface area contributed by atoms with Crippen molar-refractivity contribution in [3.63, 3.8) is 0 Å². The van der Waals surface area contributed by atoms with E-state index in [4.69, 9.17) is 4.74 Å². The van der Waals surface area contributed by atoms with Gasteiger partial charge in [0.1, 0.15) is 18.5 Å². The summed E-state index contributed by atoms with van der Waals surface area (Å²) < 4.78 is 6.67. The molecule has 0 aromatic heterocycles. The fourth-order valence-corrected chi connectivity index (χ4v) is 2.77. The number of hydrogen-bond donors (Lipinski definition) is 2. The summed E-state index contributed by atoms with van der Waals surface area (Å²) in [5.74, 6) is 0.772. The fourth-order valence-electron chi connectivity index (χ4n) is 2.16. The van der Waals surface area contributed by atoms with Crippen molar-refractivity contribution in [2.24, 2.45) is 0 Å². The molecule has 2 aromatic rings. The molecular weight excluding hydrogens is 318 g/mol. The van der Waals surface area contributed by atoms with Crippen molar-refractivity contribution in [3.8, 4) is 5.75 Å². The van der Waals surface area contributed by atoms with Crippen LogP contribution in [-0.4, -0.2) is 30.4 Å². The van der Waals surface area contributed by atoms with Gasteiger partial charge >= 0.3 is 0 Å². The summed E-state index contributed by atoms with van der Waals surface area (Å²) in [6.07, 6.45) is 1.97. The van der Waals surface area contributed by atoms with Crippen molar-refractivity contribution >= 4 is 26.7 Å². The van der Waals surface area contributed by atoms with E-state index < -0.39 is 6.10 Å². The molecule has 1 fully saturated rings. The first-order valence-corrected chi connectivity index (χ1v) is 7.75. The summed E-state index contributed by atoms with van der Waals surface area (Å²) in [6.45, 7) is 0.895. The Morgan fingerprint density at radius 1 is 1.25 bits per heavy atom. The summed E-state index contributed by atoms with van der Waals surface area (Å²) in [5, 5.41) is 15.5. The second kappa shape index (κ2) is 6.12. The van der Waals surface area contributed by atoms with Gasteiger partial charge in [-0.3, -0.25) is 0 Å². The number of aliphatic hydroxyl groups is 1. The van der Waals surface area contributed by atoms with E-state index in [1.54, 1.807) is 0 Å². The molecule has 0 aliphatic heterocycles. The number of nitrogens with one attached hydrogen (secondary N) is 1. The van der Waals surface area contributed by atoms with Crippen LogP contribution in [0.3, 0.4) is 0 Å². The molecule has 2 N–H and O–H groups in total. The molecule has 0 heterocycles. The van der Waals surface area contributed by atoms with E-state index in [1.807, 2.05) is 24.3 Å². The van der Waals surface area contributed by atoms with Crippen LogP contribution in [0.5, 0.6) is 5.75 Å². The monoisotopic (exact) mass is 335 g/mol. The van der Waals surface area contributed by atoms with Crippen LogP contribution >= 0.6 is 15.9 Å². The highest BCUT2D eigenvalue weighted by molar-refractivity contribution is 9.10. The van der Waals surface area contributed by atoms with Gasteiger partial charge in [-0.2, -0.15) is 0 Å². The van der Waals surface area contributed by atoms with E-state index in [0.717, 1.165) is 15.6 Å². The van der Waals surface area contributed by atoms with Crippen LogP contribution in [0.4, 0.5) is 0 Å². The normalized spacial score (nSPS) is 16.3. The highest BCUT2D eigenvalue weighted by Gasteiger charge is 2.21. The molecule has 0 spiro atoms. The lowest BCUT2D eigenvalue weighted by atomic mass is 10.1. The molecule has 0 amide bonds. The maximum Gasteiger partial charge on any atom is 0.134 e. The van der Waals surface area contributed by atoms with Crippen molar-refractivity contribution in [2.45, 2.75) is 25.0 Å². The van der Waals surface area contributed by atoms with Crippen LogP contribution in [0, 0.1) is 0 Å². The number of halogens is 1. The summed E-state index contributed by atoms with van der Waals surface area (Å²) in [7, 11) is 0. The van der Waals surface area contributed by atoms with Crippen LogP contribution in [0.25, 0.3) is 10.8 Å². The number of rotatable bonds is 6. The van der Waals surface area contributed by atoms with Gasteiger partial charge in [-0.1, -0.05) is 30.3 Å². The first kappa shape index (κ1) is 13.9. The standard InChI is InChI=1S/C16H18BrNO2/c17-16-14-4-2-1-3-11(14)5-8-15(16)20-10-13(19)9-18-12-6-7-12/h1-5,8,12-13,18-19H,6-7,9-10H2. The Labute approximate surface area is 127 Å². The second-order valence-electron chi connectivity index (χ2n) is 5.25. The summed E-state index contributed by atoms with van der Waals surface area (Å²) in [6, 6.07) is 12.7. The highest BCUT2D eigenvalue weighted by atomic mass is 79.9. The zero-order valence-corrected chi connectivity index (χ0v) is 12.8. The third-order valence-electron chi connectivity index (χ3n) is 3.48. The van der Waals surface area contributed by atoms with Crippen LogP contribution < -0.4 is 10.1 Å². The Morgan fingerprint density at radius 3 is 2.85 bits per heavy atom. The summed E-state index contributed by atoms with van der Waals surface area (Å²) in [5.41, 5.74) is 0. The number of ether oxygens (including phenoxy) is 1. The van der Waals surface area contributed by atoms with Gasteiger partial charge in [0.15, 0.2) is 0 Å². The molecule has 0 radical (unpaired) electrons. The zero-order chi connectivity index (χ0) is 13.9. The van der Waals surface area contributed by atoms with Gasteiger partial charge in [-0.25, -0.2) is 0 Å². The van der Waals surface area contributed by atoms with Crippen LogP contribution in [0.15, 0.2) is 40.9 Å². The molecule has 4 heteroatoms. The minimum Gasteiger partial charge on any atom is -0.490 e. The molecule has 0 bridgehead atoms. The average Bonchev–Trinajstić information content (AvgIpc) is 3.29. The van der Waals surface area contributed by atoms with Crippen molar-refractivity contribution in [1.82, 2.24) is 5.32 Å². The Morgan fingerprint density at radius 2 is 2.05 bits per heavy atom. The molecule has 106 valence electrons. The Balaban J connectivity index is 1.63. The number of hydrogen-bond acceptors (Lipinski definition) is 3. The first-order chi connectivity index (χ1) is 9.74. The minimum absolute atomic E-state index is 0.302. The molecule has 2 aromatic carbocycles. The van der Waals surface area contributed by atoms with Crippen LogP contribution in [-0.2, 0) is 0 Å². The largest absolute Gasteiger partial charge is 0.490 e. The van der Waals surface area contributed by atoms with Gasteiger partial charge in [0, 0.05) is 12.6 Å². The van der Waals surface area contributed by atoms with E-state index in [-0.39, 0.29) is 0 Å². The van der Waals surface area contributed by atoms with Crippen LogP contribution in [0.2, 0.25) is 0 Å². The second-order valence-corrected chi connectivity index (χ2v) is 6.04. The maximum absolute atomic E-state index is 9.89. The Kier molecular flexibility index (Phi) is 4.24. The third-order valence-corrected chi connectivity index (χ3v) is 4.30. The minimum atomic E-state index is -0.478. The average molecular weight is 336 g/mol. The highest BCUT2D eigenvalue weighted by Crippen LogP contribution is 2.33. The van der Waals surface area contributed by atoms with E-state index in [1.165, 1.54) is 18.2 Å². The smallest absolute Gasteiger partial charge is 0.134 e. The summed E-state index contributed by atoms with van der Waals surface area (Å²) in [4.78, 5) is 0. The zero-order valence-electron chi connectivity index (χ0n) is 11.2. The predicted octanol–water partition coefficient (Wildman–Crippen LogP) is 3.09. The van der Waals surface area contributed by atoms with Crippen molar-refractivity contribution in [2.75, 3.05) is 13.2 Å². The summed E-state index contributed by atoms with van der Waals surface area (Å²) >= 11 is 3.58. The van der Waals surface area contributed by atoms with Crippen molar-refractivity contribution < 1.29 is 9.84 Å². The van der Waals surface area contributed by atoms with Gasteiger partial charge in [0.05, 0.1) is 4.47 Å². The Bertz CT molecular complexity index is 598. The molecule has 1 saturated carbocycles. The quantitative estimate of drug-likeness (QED) is 0.852. The number of fused-ring (bicyclic) bond motifs is 1. The molecular formula is C16H18BrNO2. The van der Waals surface area contributed by atoms with E-state index >= 15 is 0 Å². The molecule has 1 unspecified atom stereocenters. The maximum atomic E-state index is 9.89. The first-order valence-electron chi connectivity index (χ1n) is 6.95. The van der Waals surface area contributed by atoms with Crippen LogP contribution in [0.1, 0.15) is 12.8 Å². The van der Waals surface area contributed by atoms with Gasteiger partial charge < -0.3 is 15.2 Å². The van der Waals surface area contributed by atoms with E-state index in [0.29, 0.717) is 19.2 Å². The molecule has 3 nitrogen and oxygen atoms in total. The SMILES string of the molecule is OC(CNC1CC1)COc1ccc2ccccc2c1Br. The lowest BCUT2D eigenvalue weighted by Crippen LogP contribution is -2.32. The van der Waals surface area contributed by atoms with Crippen molar-refractivity contribution in [1.29, 1.82) is 0 Å². The molecule has 0 saturated heterocycles. The topological polar surface area (TPSA) is 41.5 Å². The predicted molar refractivity (Wildman–Crippen MR) is 84.2 cm³/mol. The van der Waals surface area contributed by atoms with Crippen molar-refractivity contribution in [3.05, 3.63) is 40.9 Å². The molecule has 20 heavy (non-hydrogen) atoms. The number of benzene rings is 2. The lowest BCUT2D eigenvalue weighted by molar-refractivity contribution is 0.106. The van der Waals surface area contributed by atoms with Gasteiger partial charge in [0.2, 0.25) is 0 Å².